The molecule has 2 N–H and O–H groups in total. The van der Waals surface area contributed by atoms with Crippen molar-refractivity contribution in [3.63, 3.8) is 0 Å². The zero-order chi connectivity index (χ0) is 22.6. The molecule has 0 unspecified atom stereocenters. The molecule has 31 heavy (non-hydrogen) atoms. The number of alkyl halides is 3. The second kappa shape index (κ2) is 9.06. The number of esters is 1. The van der Waals surface area contributed by atoms with Crippen molar-refractivity contribution >= 4 is 17.4 Å². The first-order chi connectivity index (χ1) is 14.7. The van der Waals surface area contributed by atoms with Crippen LogP contribution in [0.4, 0.5) is 19.0 Å². The van der Waals surface area contributed by atoms with E-state index in [0.29, 0.717) is 22.5 Å². The summed E-state index contributed by atoms with van der Waals surface area (Å²) in [5.74, 6) is 4.82. The number of benzene rings is 1. The number of hydrogen-bond donors (Lipinski definition) is 2. The largest absolute Gasteiger partial charge is 0.465 e. The molecular weight excluding hydrogens is 413 g/mol. The summed E-state index contributed by atoms with van der Waals surface area (Å²) in [6.45, 7) is 1.00. The second-order valence-corrected chi connectivity index (χ2v) is 6.58. The molecule has 0 aliphatic heterocycles. The number of aryl methyl sites for hydroxylation is 1. The molecule has 0 aliphatic rings. The molecular formula is C21H19F3N4O3. The number of halogens is 3. The van der Waals surface area contributed by atoms with Crippen LogP contribution in [0.2, 0.25) is 0 Å². The normalized spacial score (nSPS) is 11.2. The number of methoxy groups -OCH3 is 1. The van der Waals surface area contributed by atoms with Crippen LogP contribution >= 0.6 is 0 Å². The molecule has 0 saturated carbocycles. The number of aromatic nitrogens is 3. The molecule has 3 aromatic rings. The molecule has 7 nitrogen and oxygen atoms in total. The van der Waals surface area contributed by atoms with E-state index in [-0.39, 0.29) is 24.7 Å². The third-order valence-electron chi connectivity index (χ3n) is 4.42. The third-order valence-corrected chi connectivity index (χ3v) is 4.42. The monoisotopic (exact) mass is 432 g/mol. The van der Waals surface area contributed by atoms with E-state index in [1.54, 1.807) is 41.9 Å². The van der Waals surface area contributed by atoms with E-state index >= 15 is 0 Å². The fraction of sp³-hybridized carbons (Fsp3) is 0.286. The lowest BCUT2D eigenvalue weighted by atomic mass is 10.0. The fourth-order valence-electron chi connectivity index (χ4n) is 3.00. The van der Waals surface area contributed by atoms with Crippen LogP contribution in [-0.4, -0.2) is 51.9 Å². The Bertz CT molecular complexity index is 1180. The highest BCUT2D eigenvalue weighted by atomic mass is 19.4. The van der Waals surface area contributed by atoms with Gasteiger partial charge in [0.2, 0.25) is 0 Å². The smallest absolute Gasteiger partial charge is 0.390 e. The standard InChI is InChI=1S/C21H19F3N4O3/c1-13-10-14(5-6-16(13)20(30)31-2)17-11-26-19-18(25-8-7-21(22,23)24)27-15(4-3-9-29)12-28(17)19/h5-6,10-12,29H,7-9H2,1-2H3,(H,25,27). The van der Waals surface area contributed by atoms with Gasteiger partial charge in [0.1, 0.15) is 12.3 Å². The van der Waals surface area contributed by atoms with Crippen LogP contribution in [0.5, 0.6) is 0 Å². The summed E-state index contributed by atoms with van der Waals surface area (Å²) < 4.78 is 44.0. The molecule has 0 saturated heterocycles. The Morgan fingerprint density at radius 1 is 1.35 bits per heavy atom. The maximum absolute atomic E-state index is 12.5. The molecule has 0 radical (unpaired) electrons. The van der Waals surface area contributed by atoms with Crippen molar-refractivity contribution in [3.05, 3.63) is 47.4 Å². The highest BCUT2D eigenvalue weighted by Gasteiger charge is 2.26. The van der Waals surface area contributed by atoms with Crippen molar-refractivity contribution in [1.82, 2.24) is 14.4 Å². The lowest BCUT2D eigenvalue weighted by Crippen LogP contribution is -2.16. The van der Waals surface area contributed by atoms with E-state index in [0.717, 1.165) is 5.56 Å². The summed E-state index contributed by atoms with van der Waals surface area (Å²) in [6.07, 6.45) is -2.20. The minimum Gasteiger partial charge on any atom is -0.465 e. The van der Waals surface area contributed by atoms with Gasteiger partial charge in [0.25, 0.3) is 0 Å². The van der Waals surface area contributed by atoms with Gasteiger partial charge < -0.3 is 15.2 Å². The van der Waals surface area contributed by atoms with Crippen molar-refractivity contribution in [2.75, 3.05) is 25.6 Å². The minimum absolute atomic E-state index is 0.142. The SMILES string of the molecule is COC(=O)c1ccc(-c2cnc3c(NCCC(F)(F)F)nc(C#CCO)cn23)cc1C. The van der Waals surface area contributed by atoms with E-state index in [1.165, 1.54) is 7.11 Å². The number of imidazole rings is 1. The molecule has 0 fully saturated rings. The topological polar surface area (TPSA) is 88.8 Å². The number of anilines is 1. The van der Waals surface area contributed by atoms with Crippen LogP contribution in [0.25, 0.3) is 16.9 Å². The predicted octanol–water partition coefficient (Wildman–Crippen LogP) is 3.20. The summed E-state index contributed by atoms with van der Waals surface area (Å²) in [6, 6.07) is 5.14. The first kappa shape index (κ1) is 22.1. The maximum atomic E-state index is 12.5. The molecule has 0 aliphatic carbocycles. The maximum Gasteiger partial charge on any atom is 0.390 e. The summed E-state index contributed by atoms with van der Waals surface area (Å²) in [7, 11) is 1.30. The molecule has 3 rings (SSSR count). The fourth-order valence-corrected chi connectivity index (χ4v) is 3.00. The van der Waals surface area contributed by atoms with Crippen molar-refractivity contribution in [1.29, 1.82) is 0 Å². The molecule has 0 spiro atoms. The van der Waals surface area contributed by atoms with Crippen LogP contribution in [0.3, 0.4) is 0 Å². The molecule has 0 atom stereocenters. The zero-order valence-corrected chi connectivity index (χ0v) is 16.7. The number of carbonyl (C=O) groups is 1. The number of nitrogens with zero attached hydrogens (tertiary/aromatic N) is 3. The van der Waals surface area contributed by atoms with Crippen molar-refractivity contribution in [2.24, 2.45) is 0 Å². The summed E-state index contributed by atoms with van der Waals surface area (Å²) >= 11 is 0. The average molecular weight is 432 g/mol. The van der Waals surface area contributed by atoms with Crippen LogP contribution in [-0.2, 0) is 4.74 Å². The zero-order valence-electron chi connectivity index (χ0n) is 16.7. The highest BCUT2D eigenvalue weighted by Crippen LogP contribution is 2.27. The molecule has 2 heterocycles. The Hall–Kier alpha value is -3.58. The average Bonchev–Trinajstić information content (AvgIpc) is 3.14. The molecule has 2 aromatic heterocycles. The third kappa shape index (κ3) is 5.13. The van der Waals surface area contributed by atoms with Gasteiger partial charge in [-0.15, -0.1) is 0 Å². The number of nitrogens with one attached hydrogen (secondary N) is 1. The van der Waals surface area contributed by atoms with Gasteiger partial charge in [-0.2, -0.15) is 13.2 Å². The van der Waals surface area contributed by atoms with Gasteiger partial charge in [0.05, 0.1) is 31.0 Å². The van der Waals surface area contributed by atoms with Crippen molar-refractivity contribution in [3.8, 4) is 23.1 Å². The molecule has 162 valence electrons. The van der Waals surface area contributed by atoms with E-state index in [1.807, 2.05) is 0 Å². The molecule has 1 aromatic carbocycles. The Labute approximate surface area is 175 Å². The number of rotatable bonds is 5. The van der Waals surface area contributed by atoms with Crippen LogP contribution in [0.1, 0.15) is 28.0 Å². The summed E-state index contributed by atoms with van der Waals surface area (Å²) in [4.78, 5) is 20.4. The van der Waals surface area contributed by atoms with Gasteiger partial charge in [-0.05, 0) is 30.5 Å². The Balaban J connectivity index is 2.06. The van der Waals surface area contributed by atoms with E-state index in [4.69, 9.17) is 9.84 Å². The lowest BCUT2D eigenvalue weighted by molar-refractivity contribution is -0.131. The van der Waals surface area contributed by atoms with Gasteiger partial charge in [0.15, 0.2) is 11.5 Å². The van der Waals surface area contributed by atoms with Gasteiger partial charge >= 0.3 is 12.1 Å². The number of aliphatic hydroxyl groups excluding tert-OH is 1. The van der Waals surface area contributed by atoms with Gasteiger partial charge in [0, 0.05) is 18.3 Å². The van der Waals surface area contributed by atoms with E-state index in [2.05, 4.69) is 27.1 Å². The number of fused-ring (bicyclic) bond motifs is 1. The van der Waals surface area contributed by atoms with Crippen LogP contribution in [0, 0.1) is 18.8 Å². The van der Waals surface area contributed by atoms with Crippen molar-refractivity contribution < 1.29 is 27.8 Å². The highest BCUT2D eigenvalue weighted by molar-refractivity contribution is 5.91. The quantitative estimate of drug-likeness (QED) is 0.476. The number of carbonyl (C=O) groups excluding carboxylic acids is 1. The summed E-state index contributed by atoms with van der Waals surface area (Å²) in [5.41, 5.74) is 3.04. The van der Waals surface area contributed by atoms with Crippen molar-refractivity contribution in [2.45, 2.75) is 19.5 Å². The van der Waals surface area contributed by atoms with E-state index < -0.39 is 18.6 Å². The first-order valence-electron chi connectivity index (χ1n) is 9.21. The van der Waals surface area contributed by atoms with Gasteiger partial charge in [-0.25, -0.2) is 14.8 Å². The van der Waals surface area contributed by atoms with Crippen LogP contribution < -0.4 is 5.32 Å². The number of aliphatic hydroxyl groups is 1. The molecule has 0 amide bonds. The Morgan fingerprint density at radius 3 is 2.77 bits per heavy atom. The second-order valence-electron chi connectivity index (χ2n) is 6.58. The van der Waals surface area contributed by atoms with Crippen LogP contribution in [0.15, 0.2) is 30.6 Å². The summed E-state index contributed by atoms with van der Waals surface area (Å²) in [5, 5.41) is 11.6. The number of hydrogen-bond acceptors (Lipinski definition) is 6. The predicted molar refractivity (Wildman–Crippen MR) is 108 cm³/mol. The van der Waals surface area contributed by atoms with Gasteiger partial charge in [-0.1, -0.05) is 12.0 Å². The molecule has 10 heteroatoms. The Kier molecular flexibility index (Phi) is 6.46. The number of ether oxygens (including phenoxy) is 1. The molecule has 0 bridgehead atoms. The van der Waals surface area contributed by atoms with E-state index in [9.17, 15) is 18.0 Å². The van der Waals surface area contributed by atoms with Gasteiger partial charge in [-0.3, -0.25) is 4.40 Å². The minimum atomic E-state index is -4.31. The lowest BCUT2D eigenvalue weighted by Gasteiger charge is -2.11. The Morgan fingerprint density at radius 2 is 2.13 bits per heavy atom. The first-order valence-corrected chi connectivity index (χ1v) is 9.21.